The largest absolute Gasteiger partial charge is 0.496 e. The van der Waals surface area contributed by atoms with E-state index in [1.54, 1.807) is 13.4 Å². The van der Waals surface area contributed by atoms with Gasteiger partial charge in [-0.2, -0.15) is 0 Å². The molecule has 0 spiro atoms. The molecule has 0 radical (unpaired) electrons. The Kier molecular flexibility index (Phi) is 5.16. The summed E-state index contributed by atoms with van der Waals surface area (Å²) in [6.45, 7) is 4.55. The van der Waals surface area contributed by atoms with Crippen molar-refractivity contribution in [1.29, 1.82) is 0 Å². The van der Waals surface area contributed by atoms with E-state index in [-0.39, 0.29) is 0 Å². The van der Waals surface area contributed by atoms with Crippen LogP contribution in [0.25, 0.3) is 22.2 Å². The van der Waals surface area contributed by atoms with Gasteiger partial charge in [-0.05, 0) is 49.2 Å². The van der Waals surface area contributed by atoms with Gasteiger partial charge in [0.05, 0.1) is 23.3 Å². The van der Waals surface area contributed by atoms with Gasteiger partial charge in [0, 0.05) is 48.0 Å². The van der Waals surface area contributed by atoms with E-state index in [1.807, 2.05) is 18.2 Å². The number of anilines is 2. The van der Waals surface area contributed by atoms with Gasteiger partial charge in [0.1, 0.15) is 17.9 Å². The molecule has 0 unspecified atom stereocenters. The standard InChI is InChI=1S/C24H24ClN5O/c1-15-11-18-22(31-2)6-4-19(25)24(18)30(15)10-9-27-23-13-21(28-14-29-23)16-3-5-20-17(12-16)7-8-26-20/h3-6,11-14,26H,7-10H2,1-2H3,(H,27,28,29). The number of hydrogen-bond donors (Lipinski definition) is 2. The molecule has 0 aliphatic carbocycles. The zero-order valence-corrected chi connectivity index (χ0v) is 18.3. The van der Waals surface area contributed by atoms with E-state index >= 15 is 0 Å². The third-order valence-corrected chi connectivity index (χ3v) is 6.12. The predicted octanol–water partition coefficient (Wildman–Crippen LogP) is 5.15. The fourth-order valence-electron chi connectivity index (χ4n) is 4.28. The van der Waals surface area contributed by atoms with Crippen LogP contribution in [0.2, 0.25) is 5.02 Å². The normalized spacial score (nSPS) is 12.6. The van der Waals surface area contributed by atoms with Crippen LogP contribution < -0.4 is 15.4 Å². The summed E-state index contributed by atoms with van der Waals surface area (Å²) < 4.78 is 7.71. The van der Waals surface area contributed by atoms with Crippen molar-refractivity contribution >= 4 is 34.0 Å². The first kappa shape index (κ1) is 19.7. The molecular weight excluding hydrogens is 410 g/mol. The smallest absolute Gasteiger partial charge is 0.130 e. The molecule has 0 saturated carbocycles. The summed E-state index contributed by atoms with van der Waals surface area (Å²) in [5.74, 6) is 1.64. The highest BCUT2D eigenvalue weighted by atomic mass is 35.5. The lowest BCUT2D eigenvalue weighted by Gasteiger charge is -2.12. The number of benzene rings is 2. The first-order valence-electron chi connectivity index (χ1n) is 10.4. The van der Waals surface area contributed by atoms with Crippen LogP contribution >= 0.6 is 11.6 Å². The number of ether oxygens (including phenoxy) is 1. The van der Waals surface area contributed by atoms with Crippen molar-refractivity contribution < 1.29 is 4.74 Å². The minimum atomic E-state index is 0.711. The minimum absolute atomic E-state index is 0.711. The second-order valence-electron chi connectivity index (χ2n) is 7.71. The lowest BCUT2D eigenvalue weighted by atomic mass is 10.1. The summed E-state index contributed by atoms with van der Waals surface area (Å²) in [5, 5.41) is 8.57. The Morgan fingerprint density at radius 1 is 1.16 bits per heavy atom. The highest BCUT2D eigenvalue weighted by Gasteiger charge is 2.14. The van der Waals surface area contributed by atoms with Crippen molar-refractivity contribution in [3.8, 4) is 17.0 Å². The molecule has 0 fully saturated rings. The van der Waals surface area contributed by atoms with E-state index in [2.05, 4.69) is 56.4 Å². The van der Waals surface area contributed by atoms with Crippen molar-refractivity contribution in [3.05, 3.63) is 65.1 Å². The van der Waals surface area contributed by atoms with E-state index < -0.39 is 0 Å². The second kappa shape index (κ2) is 8.12. The molecule has 0 atom stereocenters. The maximum absolute atomic E-state index is 6.51. The molecule has 0 bridgehead atoms. The first-order valence-corrected chi connectivity index (χ1v) is 10.8. The van der Waals surface area contributed by atoms with Gasteiger partial charge in [0.15, 0.2) is 0 Å². The number of nitrogens with one attached hydrogen (secondary N) is 2. The molecule has 6 nitrogen and oxygen atoms in total. The summed E-state index contributed by atoms with van der Waals surface area (Å²) in [6, 6.07) is 14.4. The van der Waals surface area contributed by atoms with E-state index in [9.17, 15) is 0 Å². The van der Waals surface area contributed by atoms with Crippen LogP contribution in [0.15, 0.2) is 48.8 Å². The van der Waals surface area contributed by atoms with Crippen molar-refractivity contribution in [2.24, 2.45) is 0 Å². The lowest BCUT2D eigenvalue weighted by molar-refractivity contribution is 0.420. The number of halogens is 1. The Hall–Kier alpha value is -3.25. The maximum atomic E-state index is 6.51. The van der Waals surface area contributed by atoms with Crippen molar-refractivity contribution in [2.45, 2.75) is 19.9 Å². The maximum Gasteiger partial charge on any atom is 0.130 e. The highest BCUT2D eigenvalue weighted by molar-refractivity contribution is 6.35. The molecule has 0 amide bonds. The molecule has 1 aliphatic rings. The van der Waals surface area contributed by atoms with Crippen LogP contribution in [-0.4, -0.2) is 34.7 Å². The molecule has 5 rings (SSSR count). The van der Waals surface area contributed by atoms with Gasteiger partial charge < -0.3 is 19.9 Å². The fourth-order valence-corrected chi connectivity index (χ4v) is 4.54. The van der Waals surface area contributed by atoms with Crippen LogP contribution in [0.4, 0.5) is 11.5 Å². The van der Waals surface area contributed by atoms with Gasteiger partial charge in [-0.1, -0.05) is 17.7 Å². The quantitative estimate of drug-likeness (QED) is 0.440. The van der Waals surface area contributed by atoms with Crippen LogP contribution in [0.3, 0.4) is 0 Å². The number of hydrogen-bond acceptors (Lipinski definition) is 5. The Morgan fingerprint density at radius 3 is 2.94 bits per heavy atom. The number of methoxy groups -OCH3 is 1. The van der Waals surface area contributed by atoms with Crippen LogP contribution in [0, 0.1) is 6.92 Å². The van der Waals surface area contributed by atoms with E-state index in [1.165, 1.54) is 11.3 Å². The monoisotopic (exact) mass is 433 g/mol. The number of aromatic nitrogens is 3. The molecule has 2 N–H and O–H groups in total. The van der Waals surface area contributed by atoms with Gasteiger partial charge in [-0.15, -0.1) is 0 Å². The Labute approximate surface area is 186 Å². The second-order valence-corrected chi connectivity index (χ2v) is 8.12. The molecule has 7 heteroatoms. The summed E-state index contributed by atoms with van der Waals surface area (Å²) in [6.07, 6.45) is 2.66. The van der Waals surface area contributed by atoms with Gasteiger partial charge >= 0.3 is 0 Å². The van der Waals surface area contributed by atoms with Crippen LogP contribution in [-0.2, 0) is 13.0 Å². The van der Waals surface area contributed by atoms with Crippen molar-refractivity contribution in [1.82, 2.24) is 14.5 Å². The SMILES string of the molecule is COc1ccc(Cl)c2c1cc(C)n2CCNc1cc(-c2ccc3c(c2)CCN3)ncn1. The number of aryl methyl sites for hydroxylation is 1. The molecule has 2 aromatic carbocycles. The van der Waals surface area contributed by atoms with Crippen LogP contribution in [0.1, 0.15) is 11.3 Å². The summed E-state index contributed by atoms with van der Waals surface area (Å²) in [4.78, 5) is 8.87. The zero-order chi connectivity index (χ0) is 21.4. The number of fused-ring (bicyclic) bond motifs is 2. The van der Waals surface area contributed by atoms with Crippen molar-refractivity contribution in [2.75, 3.05) is 30.8 Å². The molecule has 2 aromatic heterocycles. The lowest BCUT2D eigenvalue weighted by Crippen LogP contribution is -2.12. The topological polar surface area (TPSA) is 64.0 Å². The molecule has 158 valence electrons. The zero-order valence-electron chi connectivity index (χ0n) is 17.6. The third kappa shape index (κ3) is 3.68. The molecular formula is C24H24ClN5O. The van der Waals surface area contributed by atoms with Gasteiger partial charge in [-0.3, -0.25) is 0 Å². The molecule has 1 aliphatic heterocycles. The highest BCUT2D eigenvalue weighted by Crippen LogP contribution is 2.34. The average molecular weight is 434 g/mol. The fraction of sp³-hybridized carbons (Fsp3) is 0.250. The van der Waals surface area contributed by atoms with Gasteiger partial charge in [0.2, 0.25) is 0 Å². The predicted molar refractivity (Wildman–Crippen MR) is 126 cm³/mol. The molecule has 4 aromatic rings. The summed E-state index contributed by atoms with van der Waals surface area (Å²) in [5.41, 5.74) is 6.73. The molecule has 31 heavy (non-hydrogen) atoms. The van der Waals surface area contributed by atoms with Crippen molar-refractivity contribution in [3.63, 3.8) is 0 Å². The first-order chi connectivity index (χ1) is 15.1. The summed E-state index contributed by atoms with van der Waals surface area (Å²) in [7, 11) is 1.68. The summed E-state index contributed by atoms with van der Waals surface area (Å²) >= 11 is 6.51. The van der Waals surface area contributed by atoms with Gasteiger partial charge in [-0.25, -0.2) is 9.97 Å². The van der Waals surface area contributed by atoms with E-state index in [0.717, 1.165) is 64.0 Å². The number of rotatable bonds is 6. The van der Waals surface area contributed by atoms with Gasteiger partial charge in [0.25, 0.3) is 0 Å². The Morgan fingerprint density at radius 2 is 2.06 bits per heavy atom. The molecule has 0 saturated heterocycles. The number of nitrogens with zero attached hydrogens (tertiary/aromatic N) is 3. The van der Waals surface area contributed by atoms with E-state index in [4.69, 9.17) is 16.3 Å². The Balaban J connectivity index is 1.34. The Bertz CT molecular complexity index is 1270. The third-order valence-electron chi connectivity index (χ3n) is 5.82. The minimum Gasteiger partial charge on any atom is -0.496 e. The van der Waals surface area contributed by atoms with Crippen LogP contribution in [0.5, 0.6) is 5.75 Å². The van der Waals surface area contributed by atoms with E-state index in [0.29, 0.717) is 6.54 Å². The average Bonchev–Trinajstić information content (AvgIpc) is 3.38. The molecule has 3 heterocycles.